The smallest absolute Gasteiger partial charge is 0.128 e. The van der Waals surface area contributed by atoms with Crippen molar-refractivity contribution >= 4 is 33.2 Å². The van der Waals surface area contributed by atoms with E-state index in [1.165, 1.54) is 53.1 Å². The SMILES string of the molecule is COc1ccc(CNCC2CCC(Nc3cc(N(C)C)c4ccccc4n3)CC2)c2ccccc12. The first-order chi connectivity index (χ1) is 17.1. The highest BCUT2D eigenvalue weighted by Gasteiger charge is 2.22. The van der Waals surface area contributed by atoms with Crippen molar-refractivity contribution in [3.63, 3.8) is 0 Å². The van der Waals surface area contributed by atoms with Crippen LogP contribution in [0, 0.1) is 5.92 Å². The Kier molecular flexibility index (Phi) is 7.05. The Bertz CT molecular complexity index is 1290. The van der Waals surface area contributed by atoms with Crippen molar-refractivity contribution < 1.29 is 4.74 Å². The van der Waals surface area contributed by atoms with E-state index in [0.29, 0.717) is 6.04 Å². The molecule has 1 fully saturated rings. The fraction of sp³-hybridized carbons (Fsp3) is 0.367. The minimum absolute atomic E-state index is 0.487. The van der Waals surface area contributed by atoms with E-state index in [9.17, 15) is 0 Å². The number of fused-ring (bicyclic) bond motifs is 2. The molecule has 1 aliphatic rings. The maximum absolute atomic E-state index is 5.54. The normalized spacial score (nSPS) is 18.0. The number of ether oxygens (including phenoxy) is 1. The fourth-order valence-electron chi connectivity index (χ4n) is 5.40. The van der Waals surface area contributed by atoms with Gasteiger partial charge in [0.15, 0.2) is 0 Å². The van der Waals surface area contributed by atoms with E-state index in [0.717, 1.165) is 36.1 Å². The van der Waals surface area contributed by atoms with Crippen molar-refractivity contribution in [2.24, 2.45) is 5.92 Å². The molecule has 0 radical (unpaired) electrons. The van der Waals surface area contributed by atoms with Crippen molar-refractivity contribution in [1.29, 1.82) is 0 Å². The van der Waals surface area contributed by atoms with E-state index < -0.39 is 0 Å². The lowest BCUT2D eigenvalue weighted by molar-refractivity contribution is 0.324. The molecule has 3 aromatic carbocycles. The van der Waals surface area contributed by atoms with Gasteiger partial charge in [0, 0.05) is 49.2 Å². The molecule has 0 amide bonds. The Hall–Kier alpha value is -3.31. The Morgan fingerprint density at radius 3 is 2.34 bits per heavy atom. The lowest BCUT2D eigenvalue weighted by atomic mass is 9.86. The van der Waals surface area contributed by atoms with Crippen molar-refractivity contribution in [2.75, 3.05) is 38.0 Å². The van der Waals surface area contributed by atoms with Gasteiger partial charge < -0.3 is 20.3 Å². The first-order valence-corrected chi connectivity index (χ1v) is 12.7. The fourth-order valence-corrected chi connectivity index (χ4v) is 5.40. The Morgan fingerprint density at radius 2 is 1.60 bits per heavy atom. The van der Waals surface area contributed by atoms with Crippen LogP contribution >= 0.6 is 0 Å². The molecule has 1 aliphatic carbocycles. The molecule has 0 saturated heterocycles. The second kappa shape index (κ2) is 10.5. The van der Waals surface area contributed by atoms with Gasteiger partial charge >= 0.3 is 0 Å². The Balaban J connectivity index is 1.15. The molecule has 182 valence electrons. The van der Waals surface area contributed by atoms with Crippen LogP contribution in [0.1, 0.15) is 31.2 Å². The van der Waals surface area contributed by atoms with E-state index in [1.807, 2.05) is 0 Å². The Labute approximate surface area is 208 Å². The molecule has 0 spiro atoms. The summed E-state index contributed by atoms with van der Waals surface area (Å²) in [5.41, 5.74) is 3.59. The van der Waals surface area contributed by atoms with Gasteiger partial charge in [-0.05, 0) is 61.2 Å². The second-order valence-corrected chi connectivity index (χ2v) is 9.90. The third-order valence-corrected chi connectivity index (χ3v) is 7.32. The molecule has 0 aliphatic heterocycles. The predicted octanol–water partition coefficient (Wildman–Crippen LogP) is 6.22. The van der Waals surface area contributed by atoms with Gasteiger partial charge in [-0.3, -0.25) is 0 Å². The van der Waals surface area contributed by atoms with Gasteiger partial charge in [0.05, 0.1) is 12.6 Å². The van der Waals surface area contributed by atoms with Gasteiger partial charge in [0.2, 0.25) is 0 Å². The van der Waals surface area contributed by atoms with Crippen LogP contribution < -0.4 is 20.3 Å². The molecule has 5 heteroatoms. The molecule has 1 heterocycles. The number of pyridine rings is 1. The molecule has 1 saturated carbocycles. The molecule has 4 aromatic rings. The van der Waals surface area contributed by atoms with E-state index in [1.54, 1.807) is 7.11 Å². The zero-order chi connectivity index (χ0) is 24.2. The summed E-state index contributed by atoms with van der Waals surface area (Å²) in [6.45, 7) is 1.95. The van der Waals surface area contributed by atoms with Crippen molar-refractivity contribution in [3.05, 3.63) is 72.3 Å². The molecule has 2 N–H and O–H groups in total. The highest BCUT2D eigenvalue weighted by Crippen LogP contribution is 2.31. The van der Waals surface area contributed by atoms with Crippen LogP contribution in [-0.4, -0.2) is 38.8 Å². The maximum Gasteiger partial charge on any atom is 0.128 e. The van der Waals surface area contributed by atoms with Gasteiger partial charge in [0.1, 0.15) is 11.6 Å². The molecule has 35 heavy (non-hydrogen) atoms. The first-order valence-electron chi connectivity index (χ1n) is 12.7. The van der Waals surface area contributed by atoms with Crippen LogP contribution in [0.15, 0.2) is 66.7 Å². The van der Waals surface area contributed by atoms with Crippen LogP contribution in [0.25, 0.3) is 21.7 Å². The Morgan fingerprint density at radius 1 is 0.886 bits per heavy atom. The zero-order valence-electron chi connectivity index (χ0n) is 21.1. The number of hydrogen-bond donors (Lipinski definition) is 2. The topological polar surface area (TPSA) is 49.4 Å². The monoisotopic (exact) mass is 468 g/mol. The number of nitrogens with one attached hydrogen (secondary N) is 2. The van der Waals surface area contributed by atoms with Crippen molar-refractivity contribution in [2.45, 2.75) is 38.3 Å². The lowest BCUT2D eigenvalue weighted by Gasteiger charge is -2.30. The molecule has 5 rings (SSSR count). The quantitative estimate of drug-likeness (QED) is 0.321. The van der Waals surface area contributed by atoms with E-state index in [-0.39, 0.29) is 0 Å². The molecule has 0 unspecified atom stereocenters. The molecule has 1 aromatic heterocycles. The lowest BCUT2D eigenvalue weighted by Crippen LogP contribution is -2.31. The third kappa shape index (κ3) is 5.20. The number of para-hydroxylation sites is 1. The molecular formula is C30H36N4O. The highest BCUT2D eigenvalue weighted by atomic mass is 16.5. The van der Waals surface area contributed by atoms with Crippen LogP contribution in [0.2, 0.25) is 0 Å². The molecule has 5 nitrogen and oxygen atoms in total. The van der Waals surface area contributed by atoms with Gasteiger partial charge in [-0.15, -0.1) is 0 Å². The van der Waals surface area contributed by atoms with Crippen molar-refractivity contribution in [3.8, 4) is 5.75 Å². The summed E-state index contributed by atoms with van der Waals surface area (Å²) in [7, 11) is 5.93. The van der Waals surface area contributed by atoms with Gasteiger partial charge in [0.25, 0.3) is 0 Å². The third-order valence-electron chi connectivity index (χ3n) is 7.32. The molecular weight excluding hydrogens is 432 g/mol. The van der Waals surface area contributed by atoms with E-state index in [4.69, 9.17) is 9.72 Å². The summed E-state index contributed by atoms with van der Waals surface area (Å²) in [6, 6.07) is 23.8. The minimum Gasteiger partial charge on any atom is -0.496 e. The average molecular weight is 469 g/mol. The molecule has 0 atom stereocenters. The van der Waals surface area contributed by atoms with Gasteiger partial charge in [-0.1, -0.05) is 48.5 Å². The minimum atomic E-state index is 0.487. The summed E-state index contributed by atoms with van der Waals surface area (Å²) in [4.78, 5) is 7.06. The summed E-state index contributed by atoms with van der Waals surface area (Å²) in [5, 5.41) is 11.1. The highest BCUT2D eigenvalue weighted by molar-refractivity contribution is 5.93. The summed E-state index contributed by atoms with van der Waals surface area (Å²) in [6.07, 6.45) is 4.84. The van der Waals surface area contributed by atoms with Crippen LogP contribution in [0.3, 0.4) is 0 Å². The number of rotatable bonds is 8. The van der Waals surface area contributed by atoms with Crippen LogP contribution in [0.4, 0.5) is 11.5 Å². The van der Waals surface area contributed by atoms with E-state index >= 15 is 0 Å². The summed E-state index contributed by atoms with van der Waals surface area (Å²) in [5.74, 6) is 2.65. The maximum atomic E-state index is 5.54. The number of hydrogen-bond acceptors (Lipinski definition) is 5. The molecule has 0 bridgehead atoms. The largest absolute Gasteiger partial charge is 0.496 e. The second-order valence-electron chi connectivity index (χ2n) is 9.90. The average Bonchev–Trinajstić information content (AvgIpc) is 2.89. The zero-order valence-corrected chi connectivity index (χ0v) is 21.1. The number of nitrogens with zero attached hydrogens (tertiary/aromatic N) is 2. The summed E-state index contributed by atoms with van der Waals surface area (Å²) < 4.78 is 5.54. The first kappa shape index (κ1) is 23.4. The van der Waals surface area contributed by atoms with Crippen molar-refractivity contribution in [1.82, 2.24) is 10.3 Å². The standard InChI is InChI=1S/C30H36N4O/c1-34(2)28-18-30(33-27-11-7-6-10-26(27)28)32-23-15-12-21(13-16-23)19-31-20-22-14-17-29(35-3)25-9-5-4-8-24(22)25/h4-11,14,17-18,21,23,31H,12-13,15-16,19-20H2,1-3H3,(H,32,33). The number of methoxy groups -OCH3 is 1. The number of aromatic nitrogens is 1. The summed E-state index contributed by atoms with van der Waals surface area (Å²) >= 11 is 0. The predicted molar refractivity (Wildman–Crippen MR) is 148 cm³/mol. The van der Waals surface area contributed by atoms with Gasteiger partial charge in [-0.25, -0.2) is 4.98 Å². The van der Waals surface area contributed by atoms with E-state index in [2.05, 4.69) is 96.4 Å². The van der Waals surface area contributed by atoms with Gasteiger partial charge in [-0.2, -0.15) is 0 Å². The van der Waals surface area contributed by atoms with Crippen LogP contribution in [-0.2, 0) is 6.54 Å². The number of benzene rings is 3. The van der Waals surface area contributed by atoms with Crippen LogP contribution in [0.5, 0.6) is 5.75 Å². The number of anilines is 2.